The van der Waals surface area contributed by atoms with Crippen molar-refractivity contribution in [2.24, 2.45) is 10.8 Å². The molecule has 6 rings (SSSR count). The Hall–Kier alpha value is -1.66. The first kappa shape index (κ1) is 13.6. The molecule has 24 heavy (non-hydrogen) atoms. The van der Waals surface area contributed by atoms with Crippen LogP contribution in [0.3, 0.4) is 0 Å². The molecule has 0 aromatic carbocycles. The summed E-state index contributed by atoms with van der Waals surface area (Å²) >= 11 is 0. The summed E-state index contributed by atoms with van der Waals surface area (Å²) in [4.78, 5) is 26.7. The van der Waals surface area contributed by atoms with Crippen LogP contribution in [0.15, 0.2) is 24.3 Å². The molecule has 2 aliphatic carbocycles. The molecule has 0 radical (unpaired) electrons. The zero-order chi connectivity index (χ0) is 16.6. The molecular weight excluding hydrogens is 312 g/mol. The van der Waals surface area contributed by atoms with E-state index in [1.807, 2.05) is 24.3 Å². The maximum absolute atomic E-state index is 13.3. The number of hydrogen-bond acceptors (Lipinski definition) is 6. The highest BCUT2D eigenvalue weighted by molar-refractivity contribution is 5.99. The van der Waals surface area contributed by atoms with E-state index in [1.54, 1.807) is 0 Å². The number of esters is 2. The number of ether oxygens (including phenoxy) is 4. The van der Waals surface area contributed by atoms with Gasteiger partial charge in [-0.15, -0.1) is 0 Å². The number of carbonyl (C=O) groups is 2. The van der Waals surface area contributed by atoms with E-state index in [9.17, 15) is 9.59 Å². The van der Waals surface area contributed by atoms with Crippen LogP contribution in [-0.4, -0.2) is 48.6 Å². The van der Waals surface area contributed by atoms with Gasteiger partial charge in [0.25, 0.3) is 0 Å². The van der Waals surface area contributed by atoms with Crippen LogP contribution < -0.4 is 0 Å². The molecule has 4 spiro atoms. The molecule has 4 fully saturated rings. The maximum atomic E-state index is 13.3. The monoisotopic (exact) mass is 330 g/mol. The van der Waals surface area contributed by atoms with Gasteiger partial charge in [-0.05, 0) is 25.7 Å². The Morgan fingerprint density at radius 3 is 1.25 bits per heavy atom. The summed E-state index contributed by atoms with van der Waals surface area (Å²) in [6.07, 6.45) is 10.4. The third-order valence-electron chi connectivity index (χ3n) is 7.79. The Balaban J connectivity index is 1.83. The lowest BCUT2D eigenvalue weighted by atomic mass is 9.44. The van der Waals surface area contributed by atoms with Gasteiger partial charge in [-0.2, -0.15) is 0 Å². The first-order valence-corrected chi connectivity index (χ1v) is 8.44. The van der Waals surface area contributed by atoms with Gasteiger partial charge < -0.3 is 18.9 Å². The fourth-order valence-electron chi connectivity index (χ4n) is 7.45. The van der Waals surface area contributed by atoms with Crippen LogP contribution in [0.2, 0.25) is 0 Å². The van der Waals surface area contributed by atoms with Gasteiger partial charge in [-0.3, -0.25) is 9.59 Å². The topological polar surface area (TPSA) is 71.1 Å². The molecule has 0 amide bonds. The van der Waals surface area contributed by atoms with Crippen molar-refractivity contribution >= 4 is 11.9 Å². The summed E-state index contributed by atoms with van der Waals surface area (Å²) in [6, 6.07) is 0. The van der Waals surface area contributed by atoms with Crippen molar-refractivity contribution in [1.82, 2.24) is 0 Å². The molecule has 0 aromatic rings. The Morgan fingerprint density at radius 2 is 1.00 bits per heavy atom. The highest BCUT2D eigenvalue weighted by Crippen LogP contribution is 2.89. The summed E-state index contributed by atoms with van der Waals surface area (Å²) in [6.45, 7) is 0. The zero-order valence-electron chi connectivity index (χ0n) is 13.6. The summed E-state index contributed by atoms with van der Waals surface area (Å²) in [7, 11) is 2.74. The molecule has 6 heteroatoms. The molecule has 2 unspecified atom stereocenters. The quantitative estimate of drug-likeness (QED) is 0.557. The Bertz CT molecular complexity index is 691. The second-order valence-corrected chi connectivity index (χ2v) is 7.91. The van der Waals surface area contributed by atoms with Crippen LogP contribution in [0, 0.1) is 10.8 Å². The van der Waals surface area contributed by atoms with Crippen molar-refractivity contribution < 1.29 is 28.5 Å². The summed E-state index contributed by atoms with van der Waals surface area (Å²) in [5.41, 5.74) is -5.87. The number of carbonyl (C=O) groups excluding carboxylic acids is 2. The minimum Gasteiger partial charge on any atom is -0.468 e. The summed E-state index contributed by atoms with van der Waals surface area (Å²) < 4.78 is 23.7. The van der Waals surface area contributed by atoms with Gasteiger partial charge in [-0.25, -0.2) is 0 Å². The number of hydrogen-bond donors (Lipinski definition) is 0. The first-order chi connectivity index (χ1) is 11.5. The minimum atomic E-state index is -1.21. The summed E-state index contributed by atoms with van der Waals surface area (Å²) in [5, 5.41) is 0. The normalized spacial score (nSPS) is 59.2. The van der Waals surface area contributed by atoms with Gasteiger partial charge >= 0.3 is 11.9 Å². The predicted molar refractivity (Wildman–Crippen MR) is 78.7 cm³/mol. The number of rotatable bonds is 2. The molecule has 4 aliphatic heterocycles. The Kier molecular flexibility index (Phi) is 1.83. The smallest absolute Gasteiger partial charge is 0.319 e. The lowest BCUT2D eigenvalue weighted by molar-refractivity contribution is -0.181. The van der Waals surface area contributed by atoms with Crippen LogP contribution in [-0.2, 0) is 28.5 Å². The van der Waals surface area contributed by atoms with Crippen LogP contribution in [0.1, 0.15) is 25.7 Å². The second kappa shape index (κ2) is 3.22. The van der Waals surface area contributed by atoms with Crippen molar-refractivity contribution in [3.05, 3.63) is 24.3 Å². The second-order valence-electron chi connectivity index (χ2n) is 7.91. The van der Waals surface area contributed by atoms with E-state index in [-0.39, 0.29) is 0 Å². The van der Waals surface area contributed by atoms with Crippen molar-refractivity contribution in [3.63, 3.8) is 0 Å². The standard InChI is InChI=1S/C18H18O6/c1-21-11(19)17-13-3-4-14(17)8-10-16(24-14)6-5-15(23-13,9-7-13)18(16,17)12(20)22-2/h7-10H,3-6H2,1-2H3/t13-,14-,15-,16+,17?,18?/m1/s1. The van der Waals surface area contributed by atoms with Crippen molar-refractivity contribution in [2.75, 3.05) is 14.2 Å². The fraction of sp³-hybridized carbons (Fsp3) is 0.667. The van der Waals surface area contributed by atoms with E-state index in [0.717, 1.165) is 0 Å². The lowest BCUT2D eigenvalue weighted by Gasteiger charge is -2.50. The van der Waals surface area contributed by atoms with Crippen LogP contribution in [0.25, 0.3) is 0 Å². The van der Waals surface area contributed by atoms with Crippen LogP contribution >= 0.6 is 0 Å². The minimum absolute atomic E-state index is 0.426. The zero-order valence-corrected chi connectivity index (χ0v) is 13.6. The van der Waals surface area contributed by atoms with E-state index in [0.29, 0.717) is 25.7 Å². The van der Waals surface area contributed by atoms with Gasteiger partial charge in [0.1, 0.15) is 22.4 Å². The fourth-order valence-corrected chi connectivity index (χ4v) is 7.45. The molecule has 0 aromatic heterocycles. The maximum Gasteiger partial charge on any atom is 0.319 e. The largest absolute Gasteiger partial charge is 0.468 e. The third kappa shape index (κ3) is 0.771. The molecular formula is C18H18O6. The molecule has 0 N–H and O–H groups in total. The average Bonchev–Trinajstić information content (AvgIpc) is 3.36. The van der Waals surface area contributed by atoms with E-state index in [2.05, 4.69) is 0 Å². The first-order valence-electron chi connectivity index (χ1n) is 8.44. The molecule has 4 heterocycles. The van der Waals surface area contributed by atoms with Crippen molar-refractivity contribution in [1.29, 1.82) is 0 Å². The van der Waals surface area contributed by atoms with E-state index >= 15 is 0 Å². The van der Waals surface area contributed by atoms with Gasteiger partial charge in [0.15, 0.2) is 10.8 Å². The SMILES string of the molecule is COC(=O)C12C3(C(=O)OC)[C@]45C=C[C@]1(CC[C@@]21C=C[C@@]3(CC4)O1)O5. The lowest BCUT2D eigenvalue weighted by Crippen LogP contribution is -2.70. The highest BCUT2D eigenvalue weighted by atomic mass is 16.6. The van der Waals surface area contributed by atoms with Crippen molar-refractivity contribution in [3.8, 4) is 0 Å². The van der Waals surface area contributed by atoms with Crippen LogP contribution in [0.5, 0.6) is 0 Å². The summed E-state index contributed by atoms with van der Waals surface area (Å²) in [5.74, 6) is -0.852. The average molecular weight is 330 g/mol. The molecule has 2 saturated carbocycles. The third-order valence-corrected chi connectivity index (χ3v) is 7.79. The van der Waals surface area contributed by atoms with Crippen LogP contribution in [0.4, 0.5) is 0 Å². The number of methoxy groups -OCH3 is 2. The van der Waals surface area contributed by atoms with Gasteiger partial charge in [0, 0.05) is 0 Å². The van der Waals surface area contributed by atoms with Crippen molar-refractivity contribution in [2.45, 2.75) is 48.1 Å². The predicted octanol–water partition coefficient (Wildman–Crippen LogP) is 1.05. The van der Waals surface area contributed by atoms with E-state index in [4.69, 9.17) is 18.9 Å². The Labute approximate surface area is 138 Å². The van der Waals surface area contributed by atoms with Gasteiger partial charge in [-0.1, -0.05) is 24.3 Å². The molecule has 6 nitrogen and oxygen atoms in total. The molecule has 126 valence electrons. The molecule has 2 saturated heterocycles. The van der Waals surface area contributed by atoms with E-state index < -0.39 is 45.2 Å². The van der Waals surface area contributed by atoms with Gasteiger partial charge in [0.2, 0.25) is 0 Å². The van der Waals surface area contributed by atoms with Gasteiger partial charge in [0.05, 0.1) is 14.2 Å². The molecule has 6 atom stereocenters. The van der Waals surface area contributed by atoms with E-state index in [1.165, 1.54) is 14.2 Å². The molecule has 6 aliphatic rings. The highest BCUT2D eigenvalue weighted by Gasteiger charge is 3.04. The Morgan fingerprint density at radius 1 is 0.708 bits per heavy atom. The molecule has 4 bridgehead atoms.